The van der Waals surface area contributed by atoms with Crippen LogP contribution in [-0.4, -0.2) is 24.5 Å². The van der Waals surface area contributed by atoms with Crippen LogP contribution in [0.25, 0.3) is 0 Å². The Labute approximate surface area is 120 Å². The van der Waals surface area contributed by atoms with E-state index in [0.717, 1.165) is 0 Å². The van der Waals surface area contributed by atoms with E-state index >= 15 is 0 Å². The first-order valence-electron chi connectivity index (χ1n) is 7.98. The van der Waals surface area contributed by atoms with Crippen molar-refractivity contribution in [3.63, 3.8) is 0 Å². The molecule has 0 unspecified atom stereocenters. The zero-order valence-electron chi connectivity index (χ0n) is 13.3. The van der Waals surface area contributed by atoms with Crippen molar-refractivity contribution < 1.29 is 0 Å². The molecule has 1 rings (SSSR count). The maximum atomic E-state index is 2.60. The van der Waals surface area contributed by atoms with Gasteiger partial charge in [0.1, 0.15) is 0 Å². The number of aryl methyl sites for hydroxylation is 1. The van der Waals surface area contributed by atoms with E-state index in [2.05, 4.69) is 56.9 Å². The fourth-order valence-corrected chi connectivity index (χ4v) is 2.54. The van der Waals surface area contributed by atoms with Crippen LogP contribution in [0.3, 0.4) is 0 Å². The van der Waals surface area contributed by atoms with E-state index in [9.17, 15) is 0 Å². The van der Waals surface area contributed by atoms with Crippen molar-refractivity contribution in [1.82, 2.24) is 4.90 Å². The van der Waals surface area contributed by atoms with Crippen molar-refractivity contribution in [3.8, 4) is 0 Å². The molecule has 1 nitrogen and oxygen atoms in total. The Hall–Kier alpha value is -0.820. The Morgan fingerprint density at radius 2 is 1.47 bits per heavy atom. The van der Waals surface area contributed by atoms with Crippen LogP contribution in [0.5, 0.6) is 0 Å². The van der Waals surface area contributed by atoms with Gasteiger partial charge in [-0.05, 0) is 62.4 Å². The summed E-state index contributed by atoms with van der Waals surface area (Å²) < 4.78 is 0. The molecule has 19 heavy (non-hydrogen) atoms. The molecule has 108 valence electrons. The van der Waals surface area contributed by atoms with Gasteiger partial charge in [-0.3, -0.25) is 0 Å². The second-order valence-electron chi connectivity index (χ2n) is 5.84. The molecule has 1 heteroatoms. The van der Waals surface area contributed by atoms with Crippen molar-refractivity contribution in [2.75, 3.05) is 19.6 Å². The first-order chi connectivity index (χ1) is 9.17. The molecular weight excluding hydrogens is 230 g/mol. The van der Waals surface area contributed by atoms with Crippen LogP contribution in [0.15, 0.2) is 24.3 Å². The van der Waals surface area contributed by atoms with E-state index in [1.807, 2.05) is 0 Å². The molecule has 0 atom stereocenters. The van der Waals surface area contributed by atoms with Gasteiger partial charge in [-0.1, -0.05) is 52.0 Å². The van der Waals surface area contributed by atoms with Crippen molar-refractivity contribution in [3.05, 3.63) is 35.4 Å². The average molecular weight is 261 g/mol. The minimum absolute atomic E-state index is 0.638. The zero-order valence-corrected chi connectivity index (χ0v) is 13.3. The molecule has 0 heterocycles. The summed E-state index contributed by atoms with van der Waals surface area (Å²) >= 11 is 0. The number of benzene rings is 1. The molecule has 1 aromatic carbocycles. The highest BCUT2D eigenvalue weighted by atomic mass is 15.1. The first kappa shape index (κ1) is 16.2. The largest absolute Gasteiger partial charge is 0.303 e. The lowest BCUT2D eigenvalue weighted by atomic mass is 10.0. The van der Waals surface area contributed by atoms with Crippen molar-refractivity contribution in [2.45, 2.75) is 59.3 Å². The smallest absolute Gasteiger partial charge is 0.00156 e. The lowest BCUT2D eigenvalue weighted by molar-refractivity contribution is 0.271. The Bertz CT molecular complexity index is 320. The summed E-state index contributed by atoms with van der Waals surface area (Å²) in [7, 11) is 0. The number of nitrogens with zero attached hydrogens (tertiary/aromatic N) is 1. The normalized spacial score (nSPS) is 11.5. The molecule has 0 bridgehead atoms. The number of hydrogen-bond acceptors (Lipinski definition) is 1. The molecule has 0 aliphatic rings. The summed E-state index contributed by atoms with van der Waals surface area (Å²) in [6.07, 6.45) is 5.02. The monoisotopic (exact) mass is 261 g/mol. The van der Waals surface area contributed by atoms with Gasteiger partial charge >= 0.3 is 0 Å². The lowest BCUT2D eigenvalue weighted by Gasteiger charge is -2.20. The van der Waals surface area contributed by atoms with Crippen LogP contribution in [0.1, 0.15) is 64.0 Å². The maximum Gasteiger partial charge on any atom is -0.00156 e. The third-order valence-electron chi connectivity index (χ3n) is 3.67. The predicted octanol–water partition coefficient (Wildman–Crippen LogP) is 4.86. The third-order valence-corrected chi connectivity index (χ3v) is 3.67. The summed E-state index contributed by atoms with van der Waals surface area (Å²) in [6, 6.07) is 9.18. The molecule has 0 saturated carbocycles. The second kappa shape index (κ2) is 9.14. The fourth-order valence-electron chi connectivity index (χ4n) is 2.54. The van der Waals surface area contributed by atoms with Gasteiger partial charge in [0.05, 0.1) is 0 Å². The third kappa shape index (κ3) is 6.24. The lowest BCUT2D eigenvalue weighted by Crippen LogP contribution is -2.26. The minimum atomic E-state index is 0.638. The molecule has 0 aromatic heterocycles. The standard InChI is InChI=1S/C18H31N/c1-5-13-19(14-6-2)15-7-8-17-9-11-18(12-10-17)16(3)4/h9-12,16H,5-8,13-15H2,1-4H3. The highest BCUT2D eigenvalue weighted by Gasteiger charge is 2.03. The van der Waals surface area contributed by atoms with E-state index in [0.29, 0.717) is 5.92 Å². The minimum Gasteiger partial charge on any atom is -0.303 e. The zero-order chi connectivity index (χ0) is 14.1. The van der Waals surface area contributed by atoms with Crippen molar-refractivity contribution in [1.29, 1.82) is 0 Å². The maximum absolute atomic E-state index is 2.60. The number of hydrogen-bond donors (Lipinski definition) is 0. The van der Waals surface area contributed by atoms with Gasteiger partial charge < -0.3 is 4.90 Å². The Morgan fingerprint density at radius 3 is 1.95 bits per heavy atom. The van der Waals surface area contributed by atoms with Crippen LogP contribution in [-0.2, 0) is 6.42 Å². The quantitative estimate of drug-likeness (QED) is 0.613. The topological polar surface area (TPSA) is 3.24 Å². The van der Waals surface area contributed by atoms with E-state index in [1.165, 1.54) is 56.4 Å². The first-order valence-corrected chi connectivity index (χ1v) is 7.98. The molecule has 1 aromatic rings. The van der Waals surface area contributed by atoms with Gasteiger partial charge in [0.15, 0.2) is 0 Å². The Kier molecular flexibility index (Phi) is 7.81. The van der Waals surface area contributed by atoms with Gasteiger partial charge in [0.25, 0.3) is 0 Å². The van der Waals surface area contributed by atoms with Gasteiger partial charge in [-0.15, -0.1) is 0 Å². The second-order valence-corrected chi connectivity index (χ2v) is 5.84. The summed E-state index contributed by atoms with van der Waals surface area (Å²) in [5.74, 6) is 0.638. The molecule has 0 aliphatic carbocycles. The summed E-state index contributed by atoms with van der Waals surface area (Å²) in [4.78, 5) is 2.60. The van der Waals surface area contributed by atoms with E-state index < -0.39 is 0 Å². The van der Waals surface area contributed by atoms with Crippen LogP contribution >= 0.6 is 0 Å². The average Bonchev–Trinajstić information content (AvgIpc) is 2.40. The highest BCUT2D eigenvalue weighted by Crippen LogP contribution is 2.15. The van der Waals surface area contributed by atoms with E-state index in [-0.39, 0.29) is 0 Å². The van der Waals surface area contributed by atoms with Gasteiger partial charge in [0.2, 0.25) is 0 Å². The summed E-state index contributed by atoms with van der Waals surface area (Å²) in [5, 5.41) is 0. The van der Waals surface area contributed by atoms with Crippen molar-refractivity contribution >= 4 is 0 Å². The molecule has 0 aliphatic heterocycles. The molecule has 0 amide bonds. The predicted molar refractivity (Wildman–Crippen MR) is 85.9 cm³/mol. The Morgan fingerprint density at radius 1 is 0.895 bits per heavy atom. The van der Waals surface area contributed by atoms with Gasteiger partial charge in [0, 0.05) is 0 Å². The van der Waals surface area contributed by atoms with Crippen LogP contribution in [0.2, 0.25) is 0 Å². The molecule has 0 N–H and O–H groups in total. The van der Waals surface area contributed by atoms with Crippen molar-refractivity contribution in [2.24, 2.45) is 0 Å². The van der Waals surface area contributed by atoms with Crippen LogP contribution < -0.4 is 0 Å². The molecule has 0 saturated heterocycles. The Balaban J connectivity index is 2.35. The summed E-state index contributed by atoms with van der Waals surface area (Å²) in [5.41, 5.74) is 2.93. The van der Waals surface area contributed by atoms with Crippen LogP contribution in [0, 0.1) is 0 Å². The SMILES string of the molecule is CCCN(CCC)CCCc1ccc(C(C)C)cc1. The molecule has 0 radical (unpaired) electrons. The van der Waals surface area contributed by atoms with Gasteiger partial charge in [-0.2, -0.15) is 0 Å². The number of rotatable bonds is 9. The van der Waals surface area contributed by atoms with E-state index in [1.54, 1.807) is 0 Å². The molecule has 0 fully saturated rings. The fraction of sp³-hybridized carbons (Fsp3) is 0.667. The highest BCUT2D eigenvalue weighted by molar-refractivity contribution is 5.24. The van der Waals surface area contributed by atoms with Crippen LogP contribution in [0.4, 0.5) is 0 Å². The molecular formula is C18H31N. The van der Waals surface area contributed by atoms with Gasteiger partial charge in [-0.25, -0.2) is 0 Å². The van der Waals surface area contributed by atoms with E-state index in [4.69, 9.17) is 0 Å². The molecule has 0 spiro atoms. The summed E-state index contributed by atoms with van der Waals surface area (Å²) in [6.45, 7) is 12.8.